The van der Waals surface area contributed by atoms with E-state index in [1.807, 2.05) is 39.2 Å². The van der Waals surface area contributed by atoms with Gasteiger partial charge in [-0.15, -0.1) is 11.3 Å². The number of piperidine rings is 1. The highest BCUT2D eigenvalue weighted by molar-refractivity contribution is 7.17. The molecule has 1 saturated heterocycles. The molecule has 0 radical (unpaired) electrons. The van der Waals surface area contributed by atoms with Crippen molar-refractivity contribution in [3.05, 3.63) is 47.7 Å². The van der Waals surface area contributed by atoms with Gasteiger partial charge in [0.2, 0.25) is 0 Å². The molecule has 0 aliphatic carbocycles. The predicted octanol–water partition coefficient (Wildman–Crippen LogP) is 5.52. The van der Waals surface area contributed by atoms with Gasteiger partial charge in [-0.2, -0.15) is 0 Å². The second-order valence-corrected chi connectivity index (χ2v) is 10.9. The molecular formula is C26H30N4O3S. The quantitative estimate of drug-likeness (QED) is 0.407. The summed E-state index contributed by atoms with van der Waals surface area (Å²) in [6, 6.07) is 10.4. The molecule has 0 saturated carbocycles. The highest BCUT2D eigenvalue weighted by Gasteiger charge is 2.30. The molecule has 0 spiro atoms. The Morgan fingerprint density at radius 3 is 2.62 bits per heavy atom. The van der Waals surface area contributed by atoms with Gasteiger partial charge in [-0.1, -0.05) is 12.1 Å². The Balaban J connectivity index is 1.62. The van der Waals surface area contributed by atoms with Crippen molar-refractivity contribution in [3.63, 3.8) is 0 Å². The topological polar surface area (TPSA) is 80.5 Å². The van der Waals surface area contributed by atoms with Crippen LogP contribution in [0.2, 0.25) is 0 Å². The molecule has 7 nitrogen and oxygen atoms in total. The summed E-state index contributed by atoms with van der Waals surface area (Å²) in [5.41, 5.74) is 6.46. The van der Waals surface area contributed by atoms with Gasteiger partial charge in [0.05, 0.1) is 38.7 Å². The molecule has 1 aliphatic heterocycles. The van der Waals surface area contributed by atoms with Gasteiger partial charge in [0.15, 0.2) is 6.10 Å². The molecule has 1 aliphatic rings. The number of likely N-dealkylation sites (tertiary alicyclic amines) is 1. The standard InChI is InChI=1S/C26H30N4O3S/c1-26(2,3)33-23(25(31)32)18-6-7-19-24(34-15-28-19)22(18)16-5-8-21-20(13-16)27-14-30(21)17-9-11-29(4)12-10-17/h5-8,13-15,17,23H,9-12H2,1-4H3,(H,31,32)/t23-/m0/s1. The lowest BCUT2D eigenvalue weighted by molar-refractivity contribution is -0.160. The van der Waals surface area contributed by atoms with Crippen LogP contribution in [-0.4, -0.2) is 56.2 Å². The fourth-order valence-electron chi connectivity index (χ4n) is 4.81. The number of carbonyl (C=O) groups is 1. The van der Waals surface area contributed by atoms with Gasteiger partial charge in [0.25, 0.3) is 0 Å². The number of thiazole rings is 1. The molecule has 178 valence electrons. The third kappa shape index (κ3) is 4.33. The number of carboxylic acid groups (broad SMARTS) is 1. The smallest absolute Gasteiger partial charge is 0.337 e. The van der Waals surface area contributed by atoms with Crippen molar-refractivity contribution in [3.8, 4) is 11.1 Å². The first-order chi connectivity index (χ1) is 16.2. The van der Waals surface area contributed by atoms with Crippen LogP contribution in [0.25, 0.3) is 32.4 Å². The maximum atomic E-state index is 12.3. The van der Waals surface area contributed by atoms with Gasteiger partial charge >= 0.3 is 5.97 Å². The lowest BCUT2D eigenvalue weighted by atomic mass is 9.94. The van der Waals surface area contributed by atoms with Crippen molar-refractivity contribution in [2.45, 2.75) is 51.4 Å². The zero-order valence-electron chi connectivity index (χ0n) is 20.0. The first-order valence-corrected chi connectivity index (χ1v) is 12.5. The van der Waals surface area contributed by atoms with E-state index in [9.17, 15) is 9.90 Å². The van der Waals surface area contributed by atoms with E-state index >= 15 is 0 Å². The van der Waals surface area contributed by atoms with E-state index in [4.69, 9.17) is 9.72 Å². The fourth-order valence-corrected chi connectivity index (χ4v) is 5.68. The summed E-state index contributed by atoms with van der Waals surface area (Å²) in [6.45, 7) is 7.79. The summed E-state index contributed by atoms with van der Waals surface area (Å²) < 4.78 is 9.26. The SMILES string of the molecule is CN1CCC(n2cnc3cc(-c4c([C@H](OC(C)(C)C)C(=O)O)ccc5ncsc45)ccc32)CC1. The predicted molar refractivity (Wildman–Crippen MR) is 135 cm³/mol. The van der Waals surface area contributed by atoms with Crippen molar-refractivity contribution in [1.82, 2.24) is 19.4 Å². The van der Waals surface area contributed by atoms with E-state index < -0.39 is 17.7 Å². The molecule has 8 heteroatoms. The number of hydrogen-bond acceptors (Lipinski definition) is 6. The number of ether oxygens (including phenoxy) is 1. The lowest BCUT2D eigenvalue weighted by Gasteiger charge is -2.30. The number of rotatable bonds is 5. The van der Waals surface area contributed by atoms with Crippen molar-refractivity contribution < 1.29 is 14.6 Å². The van der Waals surface area contributed by atoms with Gasteiger partial charge < -0.3 is 19.3 Å². The van der Waals surface area contributed by atoms with Crippen LogP contribution in [0.4, 0.5) is 0 Å². The maximum Gasteiger partial charge on any atom is 0.337 e. The lowest BCUT2D eigenvalue weighted by Crippen LogP contribution is -2.31. The van der Waals surface area contributed by atoms with E-state index in [2.05, 4.69) is 39.7 Å². The number of aromatic nitrogens is 3. The molecule has 1 fully saturated rings. The summed E-state index contributed by atoms with van der Waals surface area (Å²) in [5, 5.41) is 10.1. The normalized spacial score (nSPS) is 16.9. The Morgan fingerprint density at radius 1 is 1.15 bits per heavy atom. The average Bonchev–Trinajstić information content (AvgIpc) is 3.43. The fraction of sp³-hybridized carbons (Fsp3) is 0.423. The molecule has 1 N–H and O–H groups in total. The van der Waals surface area contributed by atoms with E-state index in [1.54, 1.807) is 5.51 Å². The van der Waals surface area contributed by atoms with Gasteiger partial charge in [-0.25, -0.2) is 14.8 Å². The van der Waals surface area contributed by atoms with Crippen LogP contribution >= 0.6 is 11.3 Å². The Hall–Kier alpha value is -2.81. The minimum atomic E-state index is -1.09. The molecule has 2 aromatic carbocycles. The Bertz CT molecular complexity index is 1350. The molecule has 0 bridgehead atoms. The number of hydrogen-bond donors (Lipinski definition) is 1. The van der Waals surface area contributed by atoms with Gasteiger partial charge in [0.1, 0.15) is 0 Å². The molecule has 2 aromatic heterocycles. The summed E-state index contributed by atoms with van der Waals surface area (Å²) in [6.07, 6.45) is 3.08. The third-order valence-electron chi connectivity index (χ3n) is 6.45. The molecule has 4 aromatic rings. The number of benzene rings is 2. The molecule has 5 rings (SSSR count). The Morgan fingerprint density at radius 2 is 1.91 bits per heavy atom. The van der Waals surface area contributed by atoms with Crippen LogP contribution in [0.15, 0.2) is 42.2 Å². The number of aliphatic carboxylic acids is 1. The van der Waals surface area contributed by atoms with Crippen molar-refractivity contribution in [2.75, 3.05) is 20.1 Å². The zero-order valence-corrected chi connectivity index (χ0v) is 20.8. The highest BCUT2D eigenvalue weighted by Crippen LogP contribution is 2.40. The third-order valence-corrected chi connectivity index (χ3v) is 7.31. The number of imidazole rings is 1. The van der Waals surface area contributed by atoms with Crippen LogP contribution in [0.3, 0.4) is 0 Å². The molecule has 1 atom stereocenters. The second kappa shape index (κ2) is 8.76. The zero-order chi connectivity index (χ0) is 24.0. The summed E-state index contributed by atoms with van der Waals surface area (Å²) in [5.74, 6) is -1.01. The second-order valence-electron chi connectivity index (χ2n) is 10.1. The average molecular weight is 479 g/mol. The molecule has 3 heterocycles. The maximum absolute atomic E-state index is 12.3. The highest BCUT2D eigenvalue weighted by atomic mass is 32.1. The van der Waals surface area contributed by atoms with Gasteiger partial charge in [0, 0.05) is 17.2 Å². The van der Waals surface area contributed by atoms with Crippen molar-refractivity contribution >= 4 is 38.6 Å². The van der Waals surface area contributed by atoms with E-state index in [0.717, 1.165) is 58.3 Å². The van der Waals surface area contributed by atoms with E-state index in [0.29, 0.717) is 11.6 Å². The largest absolute Gasteiger partial charge is 0.479 e. The van der Waals surface area contributed by atoms with Crippen LogP contribution in [0, 0.1) is 0 Å². The number of carboxylic acids is 1. The Labute approximate surface area is 203 Å². The monoisotopic (exact) mass is 478 g/mol. The van der Waals surface area contributed by atoms with Crippen LogP contribution in [0.5, 0.6) is 0 Å². The Kier molecular flexibility index (Phi) is 5.91. The molecule has 34 heavy (non-hydrogen) atoms. The summed E-state index contributed by atoms with van der Waals surface area (Å²) >= 11 is 1.51. The molecule has 0 amide bonds. The summed E-state index contributed by atoms with van der Waals surface area (Å²) in [4.78, 5) is 23.8. The van der Waals surface area contributed by atoms with Crippen LogP contribution < -0.4 is 0 Å². The van der Waals surface area contributed by atoms with Gasteiger partial charge in [-0.3, -0.25) is 0 Å². The van der Waals surface area contributed by atoms with Crippen LogP contribution in [0.1, 0.15) is 51.3 Å². The minimum Gasteiger partial charge on any atom is -0.479 e. The first kappa shape index (κ1) is 23.0. The minimum absolute atomic E-state index is 0.448. The molecular weight excluding hydrogens is 448 g/mol. The number of nitrogens with zero attached hydrogens (tertiary/aromatic N) is 4. The van der Waals surface area contributed by atoms with Crippen molar-refractivity contribution in [2.24, 2.45) is 0 Å². The van der Waals surface area contributed by atoms with Gasteiger partial charge in [-0.05, 0) is 77.5 Å². The van der Waals surface area contributed by atoms with Crippen LogP contribution in [-0.2, 0) is 9.53 Å². The first-order valence-electron chi connectivity index (χ1n) is 11.6. The van der Waals surface area contributed by atoms with E-state index in [-0.39, 0.29) is 0 Å². The number of fused-ring (bicyclic) bond motifs is 2. The molecule has 0 unspecified atom stereocenters. The van der Waals surface area contributed by atoms with Crippen molar-refractivity contribution in [1.29, 1.82) is 0 Å². The summed E-state index contributed by atoms with van der Waals surface area (Å²) in [7, 11) is 2.17. The van der Waals surface area contributed by atoms with E-state index in [1.165, 1.54) is 11.3 Å².